The molecule has 1 rings (SSSR count). The van der Waals surface area contributed by atoms with Crippen molar-refractivity contribution >= 4 is 10.0 Å². The fourth-order valence-electron chi connectivity index (χ4n) is 2.03. The summed E-state index contributed by atoms with van der Waals surface area (Å²) in [5, 5.41) is 8.83. The highest BCUT2D eigenvalue weighted by Crippen LogP contribution is 2.19. The molecule has 16 heavy (non-hydrogen) atoms. The third-order valence-corrected chi connectivity index (χ3v) is 5.25. The summed E-state index contributed by atoms with van der Waals surface area (Å²) in [6, 6.07) is -0.0333. The smallest absolute Gasteiger partial charge is 0.215 e. The normalized spacial score (nSPS) is 28.9. The van der Waals surface area contributed by atoms with Crippen LogP contribution in [0.1, 0.15) is 39.0 Å². The topological polar surface area (TPSA) is 92.4 Å². The van der Waals surface area contributed by atoms with Crippen LogP contribution in [0.15, 0.2) is 0 Å². The minimum Gasteiger partial charge on any atom is -0.393 e. The average Bonchev–Trinajstić information content (AvgIpc) is 2.22. The van der Waals surface area contributed by atoms with E-state index in [1.54, 1.807) is 0 Å². The lowest BCUT2D eigenvalue weighted by Crippen LogP contribution is -2.45. The molecule has 5 nitrogen and oxygen atoms in total. The Labute approximate surface area is 97.5 Å². The molecule has 96 valence electrons. The van der Waals surface area contributed by atoms with E-state index in [1.807, 2.05) is 6.92 Å². The van der Waals surface area contributed by atoms with Gasteiger partial charge in [-0.3, -0.25) is 0 Å². The quantitative estimate of drug-likeness (QED) is 0.637. The summed E-state index contributed by atoms with van der Waals surface area (Å²) in [4.78, 5) is 0. The van der Waals surface area contributed by atoms with Crippen LogP contribution in [0.25, 0.3) is 0 Å². The van der Waals surface area contributed by atoms with Gasteiger partial charge in [-0.1, -0.05) is 6.92 Å². The molecule has 0 radical (unpaired) electrons. The molecule has 0 saturated heterocycles. The predicted octanol–water partition coefficient (Wildman–Crippen LogP) is -0.0534. The van der Waals surface area contributed by atoms with Crippen LogP contribution >= 0.6 is 0 Å². The molecule has 1 aliphatic carbocycles. The van der Waals surface area contributed by atoms with Gasteiger partial charge < -0.3 is 10.8 Å². The number of nitrogens with two attached hydrogens (primary N) is 1. The molecule has 0 bridgehead atoms. The SMILES string of the molecule is CCC(CN)S(=O)(=O)NC1CCC(O)CC1. The van der Waals surface area contributed by atoms with E-state index >= 15 is 0 Å². The molecule has 0 aromatic heterocycles. The molecule has 1 unspecified atom stereocenters. The number of nitrogens with one attached hydrogen (secondary N) is 1. The van der Waals surface area contributed by atoms with Crippen LogP contribution in [-0.2, 0) is 10.0 Å². The molecular weight excluding hydrogens is 228 g/mol. The standard InChI is InChI=1S/C10H22N2O3S/c1-2-10(7-11)16(14,15)12-8-3-5-9(13)6-4-8/h8-10,12-13H,2-7,11H2,1H3. The number of sulfonamides is 1. The van der Waals surface area contributed by atoms with E-state index < -0.39 is 15.3 Å². The molecule has 1 saturated carbocycles. The van der Waals surface area contributed by atoms with Gasteiger partial charge in [0.05, 0.1) is 11.4 Å². The second kappa shape index (κ2) is 5.95. The van der Waals surface area contributed by atoms with Gasteiger partial charge in [0, 0.05) is 12.6 Å². The molecule has 1 atom stereocenters. The Morgan fingerprint density at radius 3 is 2.38 bits per heavy atom. The average molecular weight is 250 g/mol. The van der Waals surface area contributed by atoms with Crippen molar-refractivity contribution in [2.75, 3.05) is 6.54 Å². The molecule has 1 fully saturated rings. The minimum atomic E-state index is -3.30. The first kappa shape index (κ1) is 13.9. The van der Waals surface area contributed by atoms with Crippen molar-refractivity contribution in [3.63, 3.8) is 0 Å². The van der Waals surface area contributed by atoms with Gasteiger partial charge in [-0.05, 0) is 32.1 Å². The number of hydrogen-bond donors (Lipinski definition) is 3. The highest BCUT2D eigenvalue weighted by atomic mass is 32.2. The van der Waals surface area contributed by atoms with Crippen molar-refractivity contribution in [3.8, 4) is 0 Å². The van der Waals surface area contributed by atoms with Crippen LogP contribution in [-0.4, -0.2) is 37.5 Å². The van der Waals surface area contributed by atoms with Crippen LogP contribution < -0.4 is 10.5 Å². The summed E-state index contributed by atoms with van der Waals surface area (Å²) in [6.45, 7) is 1.97. The monoisotopic (exact) mass is 250 g/mol. The zero-order valence-corrected chi connectivity index (χ0v) is 10.5. The van der Waals surface area contributed by atoms with Crippen molar-refractivity contribution in [1.29, 1.82) is 0 Å². The van der Waals surface area contributed by atoms with Gasteiger partial charge in [0.25, 0.3) is 0 Å². The van der Waals surface area contributed by atoms with E-state index in [-0.39, 0.29) is 18.7 Å². The van der Waals surface area contributed by atoms with E-state index in [2.05, 4.69) is 4.72 Å². The number of hydrogen-bond acceptors (Lipinski definition) is 4. The van der Waals surface area contributed by atoms with Crippen molar-refractivity contribution in [2.45, 2.75) is 56.4 Å². The second-order valence-electron chi connectivity index (χ2n) is 4.43. The highest BCUT2D eigenvalue weighted by Gasteiger charge is 2.28. The van der Waals surface area contributed by atoms with Crippen molar-refractivity contribution < 1.29 is 13.5 Å². The first-order valence-corrected chi connectivity index (χ1v) is 7.43. The lowest BCUT2D eigenvalue weighted by molar-refractivity contribution is 0.120. The van der Waals surface area contributed by atoms with Gasteiger partial charge in [0.15, 0.2) is 0 Å². The lowest BCUT2D eigenvalue weighted by Gasteiger charge is -2.27. The fraction of sp³-hybridized carbons (Fsp3) is 1.00. The van der Waals surface area contributed by atoms with E-state index in [0.717, 1.165) is 0 Å². The molecule has 1 aliphatic rings. The van der Waals surface area contributed by atoms with E-state index in [0.29, 0.717) is 32.1 Å². The highest BCUT2D eigenvalue weighted by molar-refractivity contribution is 7.90. The first-order chi connectivity index (χ1) is 7.49. The summed E-state index contributed by atoms with van der Waals surface area (Å²) < 4.78 is 26.5. The molecule has 4 N–H and O–H groups in total. The Hall–Kier alpha value is -0.170. The van der Waals surface area contributed by atoms with Crippen molar-refractivity contribution in [1.82, 2.24) is 4.72 Å². The van der Waals surface area contributed by atoms with E-state index in [9.17, 15) is 13.5 Å². The Bertz CT molecular complexity index is 293. The Balaban J connectivity index is 2.52. The predicted molar refractivity (Wildman–Crippen MR) is 63.5 cm³/mol. The van der Waals surface area contributed by atoms with E-state index in [1.165, 1.54) is 0 Å². The minimum absolute atomic E-state index is 0.0333. The lowest BCUT2D eigenvalue weighted by atomic mass is 9.94. The van der Waals surface area contributed by atoms with Gasteiger partial charge >= 0.3 is 0 Å². The maximum absolute atomic E-state index is 11.9. The molecule has 0 aromatic rings. The molecule has 0 aromatic carbocycles. The van der Waals surface area contributed by atoms with Gasteiger partial charge in [-0.15, -0.1) is 0 Å². The molecule has 6 heteroatoms. The second-order valence-corrected chi connectivity index (χ2v) is 6.43. The Morgan fingerprint density at radius 2 is 1.94 bits per heavy atom. The summed E-state index contributed by atoms with van der Waals surface area (Å²) in [6.07, 6.45) is 3.03. The van der Waals surface area contributed by atoms with E-state index in [4.69, 9.17) is 5.73 Å². The van der Waals surface area contributed by atoms with Crippen molar-refractivity contribution in [3.05, 3.63) is 0 Å². The first-order valence-electron chi connectivity index (χ1n) is 5.88. The van der Waals surface area contributed by atoms with Gasteiger partial charge in [-0.25, -0.2) is 13.1 Å². The Kier molecular flexibility index (Phi) is 5.17. The van der Waals surface area contributed by atoms with Gasteiger partial charge in [-0.2, -0.15) is 0 Å². The zero-order valence-electron chi connectivity index (χ0n) is 9.72. The van der Waals surface area contributed by atoms with Crippen LogP contribution in [0.5, 0.6) is 0 Å². The van der Waals surface area contributed by atoms with Crippen molar-refractivity contribution in [2.24, 2.45) is 5.73 Å². The summed E-state index contributed by atoms with van der Waals surface area (Å²) in [5.74, 6) is 0. The third kappa shape index (κ3) is 3.69. The maximum Gasteiger partial charge on any atom is 0.215 e. The third-order valence-electron chi connectivity index (χ3n) is 3.18. The Morgan fingerprint density at radius 1 is 1.38 bits per heavy atom. The molecule has 0 heterocycles. The summed E-state index contributed by atoms with van der Waals surface area (Å²) in [7, 11) is -3.30. The molecule has 0 aliphatic heterocycles. The maximum atomic E-state index is 11.9. The number of rotatable bonds is 5. The fourth-order valence-corrected chi connectivity index (χ4v) is 3.62. The van der Waals surface area contributed by atoms with Gasteiger partial charge in [0.2, 0.25) is 10.0 Å². The number of aliphatic hydroxyl groups is 1. The largest absolute Gasteiger partial charge is 0.393 e. The van der Waals surface area contributed by atoms with Crippen LogP contribution in [0.2, 0.25) is 0 Å². The zero-order chi connectivity index (χ0) is 12.2. The molecule has 0 amide bonds. The summed E-state index contributed by atoms with van der Waals surface area (Å²) in [5.41, 5.74) is 5.44. The van der Waals surface area contributed by atoms with Crippen LogP contribution in [0.3, 0.4) is 0 Å². The van der Waals surface area contributed by atoms with Crippen LogP contribution in [0.4, 0.5) is 0 Å². The van der Waals surface area contributed by atoms with Gasteiger partial charge in [0.1, 0.15) is 0 Å². The summed E-state index contributed by atoms with van der Waals surface area (Å²) >= 11 is 0. The number of aliphatic hydroxyl groups excluding tert-OH is 1. The van der Waals surface area contributed by atoms with Crippen LogP contribution in [0, 0.1) is 0 Å². The molecule has 0 spiro atoms. The molecular formula is C10H22N2O3S.